The van der Waals surface area contributed by atoms with Gasteiger partial charge in [0, 0.05) is 0 Å². The van der Waals surface area contributed by atoms with Gasteiger partial charge in [0.15, 0.2) is 0 Å². The van der Waals surface area contributed by atoms with E-state index >= 15 is 0 Å². The highest BCUT2D eigenvalue weighted by Gasteiger charge is 2.11. The highest BCUT2D eigenvalue weighted by molar-refractivity contribution is 6.25. The summed E-state index contributed by atoms with van der Waals surface area (Å²) in [4.78, 5) is 0. The van der Waals surface area contributed by atoms with E-state index in [9.17, 15) is 4.39 Å². The lowest BCUT2D eigenvalue weighted by molar-refractivity contribution is 0.628. The third kappa shape index (κ3) is 1.77. The summed E-state index contributed by atoms with van der Waals surface area (Å²) in [7, 11) is 0. The van der Waals surface area contributed by atoms with Gasteiger partial charge >= 0.3 is 0 Å². The minimum atomic E-state index is -0.202. The molecule has 0 radical (unpaired) electrons. The topological polar surface area (TPSA) is 0 Å². The summed E-state index contributed by atoms with van der Waals surface area (Å²) in [6.45, 7) is 0. The number of halogens is 1. The SMILES string of the molecule is Fc1ccc(-c2ccc3ccc4cccc5ccc2c3c45)cc1. The minimum absolute atomic E-state index is 0.202. The Bertz CT molecular complexity index is 1140. The Hall–Kier alpha value is -2.93. The molecule has 1 heteroatoms. The standard InChI is InChI=1S/C22H13F/c23-18-10-6-14(7-11-18)19-12-8-17-5-4-15-2-1-3-16-9-13-20(19)22(17)21(15)16/h1-13H. The van der Waals surface area contributed by atoms with Crippen molar-refractivity contribution in [2.75, 3.05) is 0 Å². The van der Waals surface area contributed by atoms with Crippen molar-refractivity contribution >= 4 is 32.3 Å². The van der Waals surface area contributed by atoms with Crippen molar-refractivity contribution in [2.24, 2.45) is 0 Å². The summed E-state index contributed by atoms with van der Waals surface area (Å²) in [5, 5.41) is 7.59. The van der Waals surface area contributed by atoms with Crippen LogP contribution in [0.2, 0.25) is 0 Å². The first-order valence-electron chi connectivity index (χ1n) is 7.74. The molecule has 5 aromatic carbocycles. The van der Waals surface area contributed by atoms with Crippen LogP contribution in [0.4, 0.5) is 4.39 Å². The van der Waals surface area contributed by atoms with Gasteiger partial charge in [0.05, 0.1) is 0 Å². The molecule has 0 aliphatic heterocycles. The molecule has 0 bridgehead atoms. The van der Waals surface area contributed by atoms with E-state index < -0.39 is 0 Å². The maximum Gasteiger partial charge on any atom is 0.123 e. The van der Waals surface area contributed by atoms with Gasteiger partial charge in [-0.2, -0.15) is 0 Å². The van der Waals surface area contributed by atoms with Crippen LogP contribution in [0.25, 0.3) is 43.4 Å². The van der Waals surface area contributed by atoms with Gasteiger partial charge in [-0.05, 0) is 55.6 Å². The van der Waals surface area contributed by atoms with Gasteiger partial charge in [-0.3, -0.25) is 0 Å². The smallest absolute Gasteiger partial charge is 0.123 e. The molecule has 108 valence electrons. The molecule has 5 rings (SSSR count). The van der Waals surface area contributed by atoms with E-state index in [4.69, 9.17) is 0 Å². The van der Waals surface area contributed by atoms with Gasteiger partial charge in [0.25, 0.3) is 0 Å². The molecule has 0 spiro atoms. The van der Waals surface area contributed by atoms with Crippen molar-refractivity contribution in [1.29, 1.82) is 0 Å². The predicted molar refractivity (Wildman–Crippen MR) is 95.5 cm³/mol. The molecule has 0 aliphatic carbocycles. The van der Waals surface area contributed by atoms with Crippen molar-refractivity contribution in [3.05, 3.63) is 84.7 Å². The molecule has 0 amide bonds. The van der Waals surface area contributed by atoms with Gasteiger partial charge in [-0.15, -0.1) is 0 Å². The molecule has 0 aliphatic rings. The molecule has 23 heavy (non-hydrogen) atoms. The summed E-state index contributed by atoms with van der Waals surface area (Å²) >= 11 is 0. The quantitative estimate of drug-likeness (QED) is 0.314. The van der Waals surface area contributed by atoms with Crippen LogP contribution < -0.4 is 0 Å². The van der Waals surface area contributed by atoms with Crippen molar-refractivity contribution < 1.29 is 4.39 Å². The molecule has 0 atom stereocenters. The van der Waals surface area contributed by atoms with E-state index in [1.807, 2.05) is 12.1 Å². The lowest BCUT2D eigenvalue weighted by Gasteiger charge is -2.14. The molecular weight excluding hydrogens is 283 g/mol. The number of hydrogen-bond donors (Lipinski definition) is 0. The summed E-state index contributed by atoms with van der Waals surface area (Å²) < 4.78 is 13.2. The highest BCUT2D eigenvalue weighted by Crippen LogP contribution is 2.38. The van der Waals surface area contributed by atoms with E-state index in [-0.39, 0.29) is 5.82 Å². The minimum Gasteiger partial charge on any atom is -0.207 e. The Labute approximate surface area is 133 Å². The highest BCUT2D eigenvalue weighted by atomic mass is 19.1. The lowest BCUT2D eigenvalue weighted by Crippen LogP contribution is -1.87. The molecule has 0 heterocycles. The second-order valence-electron chi connectivity index (χ2n) is 5.98. The van der Waals surface area contributed by atoms with Gasteiger partial charge in [-0.1, -0.05) is 66.7 Å². The third-order valence-electron chi connectivity index (χ3n) is 4.68. The predicted octanol–water partition coefficient (Wildman–Crippen LogP) is 6.39. The van der Waals surface area contributed by atoms with Gasteiger partial charge in [0.1, 0.15) is 5.82 Å². The Kier molecular flexibility index (Phi) is 2.48. The van der Waals surface area contributed by atoms with E-state index in [1.165, 1.54) is 44.5 Å². The third-order valence-corrected chi connectivity index (χ3v) is 4.68. The second-order valence-corrected chi connectivity index (χ2v) is 5.98. The number of hydrogen-bond acceptors (Lipinski definition) is 0. The fourth-order valence-electron chi connectivity index (χ4n) is 3.62. The summed E-state index contributed by atoms with van der Waals surface area (Å²) in [5.41, 5.74) is 2.19. The van der Waals surface area contributed by atoms with Crippen molar-refractivity contribution in [3.8, 4) is 11.1 Å². The van der Waals surface area contributed by atoms with Crippen LogP contribution in [0.5, 0.6) is 0 Å². The zero-order valence-corrected chi connectivity index (χ0v) is 12.4. The normalized spacial score (nSPS) is 11.7. The Morgan fingerprint density at radius 2 is 1.13 bits per heavy atom. The molecule has 0 aromatic heterocycles. The molecule has 0 N–H and O–H groups in total. The Morgan fingerprint density at radius 1 is 0.522 bits per heavy atom. The first kappa shape index (κ1) is 12.6. The Balaban J connectivity index is 1.96. The van der Waals surface area contributed by atoms with E-state index in [2.05, 4.69) is 54.6 Å². The summed E-state index contributed by atoms with van der Waals surface area (Å²) in [5.74, 6) is -0.202. The fraction of sp³-hybridized carbons (Fsp3) is 0. The van der Waals surface area contributed by atoms with E-state index in [0.29, 0.717) is 0 Å². The lowest BCUT2D eigenvalue weighted by atomic mass is 9.90. The zero-order valence-electron chi connectivity index (χ0n) is 12.4. The average Bonchev–Trinajstić information content (AvgIpc) is 2.60. The van der Waals surface area contributed by atoms with Crippen LogP contribution in [-0.4, -0.2) is 0 Å². The monoisotopic (exact) mass is 296 g/mol. The number of benzene rings is 5. The van der Waals surface area contributed by atoms with Crippen LogP contribution in [0.15, 0.2) is 78.9 Å². The summed E-state index contributed by atoms with van der Waals surface area (Å²) in [6.07, 6.45) is 0. The maximum absolute atomic E-state index is 13.2. The van der Waals surface area contributed by atoms with Gasteiger partial charge < -0.3 is 0 Å². The zero-order chi connectivity index (χ0) is 15.4. The van der Waals surface area contributed by atoms with Crippen LogP contribution in [0.3, 0.4) is 0 Å². The van der Waals surface area contributed by atoms with Crippen LogP contribution >= 0.6 is 0 Å². The van der Waals surface area contributed by atoms with Crippen molar-refractivity contribution in [3.63, 3.8) is 0 Å². The number of rotatable bonds is 1. The second kappa shape index (κ2) is 4.53. The van der Waals surface area contributed by atoms with Gasteiger partial charge in [-0.25, -0.2) is 4.39 Å². The molecule has 0 fully saturated rings. The first-order valence-corrected chi connectivity index (χ1v) is 7.74. The molecule has 0 saturated heterocycles. The summed E-state index contributed by atoms with van der Waals surface area (Å²) in [6, 6.07) is 26.2. The average molecular weight is 296 g/mol. The molecule has 0 unspecified atom stereocenters. The van der Waals surface area contributed by atoms with E-state index in [1.54, 1.807) is 0 Å². The Morgan fingerprint density at radius 3 is 1.87 bits per heavy atom. The van der Waals surface area contributed by atoms with Crippen LogP contribution in [0.1, 0.15) is 0 Å². The van der Waals surface area contributed by atoms with Crippen molar-refractivity contribution in [1.82, 2.24) is 0 Å². The van der Waals surface area contributed by atoms with E-state index in [0.717, 1.165) is 11.1 Å². The maximum atomic E-state index is 13.2. The van der Waals surface area contributed by atoms with Crippen molar-refractivity contribution in [2.45, 2.75) is 0 Å². The molecule has 5 aromatic rings. The molecule has 0 saturated carbocycles. The van der Waals surface area contributed by atoms with Gasteiger partial charge in [0.2, 0.25) is 0 Å². The first-order chi connectivity index (χ1) is 11.3. The fourth-order valence-corrected chi connectivity index (χ4v) is 3.62. The molecular formula is C22H13F. The van der Waals surface area contributed by atoms with Crippen LogP contribution in [-0.2, 0) is 0 Å². The largest absolute Gasteiger partial charge is 0.207 e. The van der Waals surface area contributed by atoms with Crippen LogP contribution in [0, 0.1) is 5.82 Å². The molecule has 0 nitrogen and oxygen atoms in total.